The van der Waals surface area contributed by atoms with Crippen molar-refractivity contribution in [2.75, 3.05) is 26.3 Å². The van der Waals surface area contributed by atoms with Crippen LogP contribution in [-0.4, -0.2) is 36.2 Å². The average Bonchev–Trinajstić information content (AvgIpc) is 2.66. The number of piperidine rings is 1. The fourth-order valence-corrected chi connectivity index (χ4v) is 4.58. The Morgan fingerprint density at radius 2 is 1.79 bits per heavy atom. The van der Waals surface area contributed by atoms with Crippen molar-refractivity contribution in [1.29, 1.82) is 0 Å². The van der Waals surface area contributed by atoms with Gasteiger partial charge in [0.2, 0.25) is 0 Å². The number of fused-ring (bicyclic) bond motifs is 1. The molecular weight excluding hydrogens is 355 g/mol. The van der Waals surface area contributed by atoms with Crippen LogP contribution in [0.3, 0.4) is 0 Å². The molecule has 0 saturated carbocycles. The summed E-state index contributed by atoms with van der Waals surface area (Å²) in [6.07, 6.45) is 3.41. The minimum atomic E-state index is -0.209. The molecule has 2 aliphatic rings. The van der Waals surface area contributed by atoms with E-state index in [2.05, 4.69) is 42.8 Å². The molecule has 0 amide bonds. The Hall–Kier alpha value is -2.14. The third-order valence-corrected chi connectivity index (χ3v) is 5.88. The molecule has 2 aromatic rings. The van der Waals surface area contributed by atoms with Gasteiger partial charge in [0.25, 0.3) is 0 Å². The Morgan fingerprint density at radius 3 is 2.50 bits per heavy atom. The van der Waals surface area contributed by atoms with Gasteiger partial charge in [-0.1, -0.05) is 0 Å². The number of aryl methyl sites for hydroxylation is 2. The van der Waals surface area contributed by atoms with Crippen LogP contribution >= 0.6 is 0 Å². The van der Waals surface area contributed by atoms with Crippen molar-refractivity contribution in [3.63, 3.8) is 0 Å². The first-order valence-corrected chi connectivity index (χ1v) is 10.3. The van der Waals surface area contributed by atoms with Crippen molar-refractivity contribution < 1.29 is 13.9 Å². The Bertz CT molecular complexity index is 834. The molecule has 1 saturated heterocycles. The lowest BCUT2D eigenvalue weighted by molar-refractivity contribution is 0.128. The second kappa shape index (κ2) is 8.08. The Labute approximate surface area is 166 Å². The minimum absolute atomic E-state index is 0.0135. The SMILES string of the molecule is Cc1cc(C[C@H]2CCCN([C@@H](C)c3cc4c(cc3F)OCCO4)C2)cc(C)n1. The maximum absolute atomic E-state index is 14.7. The van der Waals surface area contributed by atoms with Crippen molar-refractivity contribution in [3.8, 4) is 11.5 Å². The zero-order chi connectivity index (χ0) is 19.7. The number of pyridine rings is 1. The first-order chi connectivity index (χ1) is 13.5. The Kier molecular flexibility index (Phi) is 5.54. The molecule has 0 radical (unpaired) electrons. The van der Waals surface area contributed by atoms with Gasteiger partial charge in [-0.25, -0.2) is 4.39 Å². The summed E-state index contributed by atoms with van der Waals surface area (Å²) >= 11 is 0. The maximum atomic E-state index is 14.7. The van der Waals surface area contributed by atoms with Gasteiger partial charge in [-0.2, -0.15) is 0 Å². The molecule has 4 nitrogen and oxygen atoms in total. The van der Waals surface area contributed by atoms with Crippen molar-refractivity contribution in [1.82, 2.24) is 9.88 Å². The molecule has 1 fully saturated rings. The van der Waals surface area contributed by atoms with Crippen LogP contribution in [0.25, 0.3) is 0 Å². The molecule has 2 atom stereocenters. The van der Waals surface area contributed by atoms with E-state index >= 15 is 0 Å². The summed E-state index contributed by atoms with van der Waals surface area (Å²) < 4.78 is 25.9. The van der Waals surface area contributed by atoms with Gasteiger partial charge in [-0.3, -0.25) is 9.88 Å². The molecule has 0 unspecified atom stereocenters. The van der Waals surface area contributed by atoms with Crippen LogP contribution in [-0.2, 0) is 6.42 Å². The van der Waals surface area contributed by atoms with Gasteiger partial charge in [-0.15, -0.1) is 0 Å². The lowest BCUT2D eigenvalue weighted by Crippen LogP contribution is -2.38. The normalized spacial score (nSPS) is 20.8. The summed E-state index contributed by atoms with van der Waals surface area (Å²) in [4.78, 5) is 6.89. The summed E-state index contributed by atoms with van der Waals surface area (Å²) in [6, 6.07) is 7.70. The third kappa shape index (κ3) is 4.14. The highest BCUT2D eigenvalue weighted by Gasteiger charge is 2.27. The monoisotopic (exact) mass is 384 g/mol. The number of ether oxygens (including phenoxy) is 2. The summed E-state index contributed by atoms with van der Waals surface area (Å²) in [5.74, 6) is 1.54. The largest absolute Gasteiger partial charge is 0.486 e. The van der Waals surface area contributed by atoms with E-state index in [1.54, 1.807) is 0 Å². The van der Waals surface area contributed by atoms with Crippen molar-refractivity contribution in [3.05, 3.63) is 52.6 Å². The van der Waals surface area contributed by atoms with Crippen LogP contribution in [0.4, 0.5) is 4.39 Å². The third-order valence-electron chi connectivity index (χ3n) is 5.88. The summed E-state index contributed by atoms with van der Waals surface area (Å²) in [5, 5.41) is 0. The molecule has 28 heavy (non-hydrogen) atoms. The van der Waals surface area contributed by atoms with Crippen LogP contribution < -0.4 is 9.47 Å². The second-order valence-electron chi connectivity index (χ2n) is 8.16. The van der Waals surface area contributed by atoms with E-state index in [-0.39, 0.29) is 11.9 Å². The lowest BCUT2D eigenvalue weighted by atomic mass is 9.89. The predicted molar refractivity (Wildman–Crippen MR) is 108 cm³/mol. The van der Waals surface area contributed by atoms with E-state index in [1.807, 2.05) is 6.07 Å². The van der Waals surface area contributed by atoms with E-state index in [4.69, 9.17) is 9.47 Å². The summed E-state index contributed by atoms with van der Waals surface area (Å²) in [7, 11) is 0. The van der Waals surface area contributed by atoms with Crippen molar-refractivity contribution in [2.45, 2.75) is 46.1 Å². The summed E-state index contributed by atoms with van der Waals surface area (Å²) in [5.41, 5.74) is 4.21. The number of rotatable bonds is 4. The zero-order valence-electron chi connectivity index (χ0n) is 17.0. The van der Waals surface area contributed by atoms with Gasteiger partial charge in [0.15, 0.2) is 11.5 Å². The van der Waals surface area contributed by atoms with Crippen LogP contribution in [0.2, 0.25) is 0 Å². The standard InChI is InChI=1S/C23H29FN2O2/c1-15-9-19(10-16(2)25-15)11-18-5-4-6-26(14-18)17(3)20-12-22-23(13-21(20)24)28-8-7-27-22/h9-10,12-13,17-18H,4-8,11,14H2,1-3H3/t17-,18+/m0/s1. The first kappa shape index (κ1) is 19.2. The number of likely N-dealkylation sites (tertiary alicyclic amines) is 1. The number of aromatic nitrogens is 1. The molecule has 0 bridgehead atoms. The van der Waals surface area contributed by atoms with Gasteiger partial charge in [0.1, 0.15) is 19.0 Å². The molecule has 0 N–H and O–H groups in total. The zero-order valence-corrected chi connectivity index (χ0v) is 17.0. The molecule has 1 aromatic heterocycles. The van der Waals surface area contributed by atoms with E-state index in [1.165, 1.54) is 18.1 Å². The highest BCUT2D eigenvalue weighted by atomic mass is 19.1. The fraction of sp³-hybridized carbons (Fsp3) is 0.522. The smallest absolute Gasteiger partial charge is 0.164 e. The molecule has 3 heterocycles. The van der Waals surface area contributed by atoms with Crippen molar-refractivity contribution in [2.24, 2.45) is 5.92 Å². The van der Waals surface area contributed by atoms with E-state index in [9.17, 15) is 4.39 Å². The highest BCUT2D eigenvalue weighted by Crippen LogP contribution is 2.37. The molecule has 150 valence electrons. The highest BCUT2D eigenvalue weighted by molar-refractivity contribution is 5.45. The molecule has 0 spiro atoms. The van der Waals surface area contributed by atoms with E-state index in [0.29, 0.717) is 36.2 Å². The maximum Gasteiger partial charge on any atom is 0.164 e. The minimum Gasteiger partial charge on any atom is -0.486 e. The lowest BCUT2D eigenvalue weighted by Gasteiger charge is -2.37. The first-order valence-electron chi connectivity index (χ1n) is 10.3. The number of hydrogen-bond donors (Lipinski definition) is 0. The van der Waals surface area contributed by atoms with Crippen LogP contribution in [0, 0.1) is 25.6 Å². The quantitative estimate of drug-likeness (QED) is 0.770. The van der Waals surface area contributed by atoms with Gasteiger partial charge >= 0.3 is 0 Å². The Morgan fingerprint density at radius 1 is 1.11 bits per heavy atom. The van der Waals surface area contributed by atoms with E-state index in [0.717, 1.165) is 37.3 Å². The molecular formula is C23H29FN2O2. The number of hydrogen-bond acceptors (Lipinski definition) is 4. The van der Waals surface area contributed by atoms with Gasteiger partial charge in [0.05, 0.1) is 0 Å². The van der Waals surface area contributed by atoms with Crippen LogP contribution in [0.15, 0.2) is 24.3 Å². The second-order valence-corrected chi connectivity index (χ2v) is 8.16. The van der Waals surface area contributed by atoms with Gasteiger partial charge in [-0.05, 0) is 76.3 Å². The van der Waals surface area contributed by atoms with Crippen LogP contribution in [0.5, 0.6) is 11.5 Å². The molecule has 2 aliphatic heterocycles. The van der Waals surface area contributed by atoms with Crippen LogP contribution in [0.1, 0.15) is 48.3 Å². The summed E-state index contributed by atoms with van der Waals surface area (Å²) in [6.45, 7) is 9.17. The molecule has 0 aliphatic carbocycles. The topological polar surface area (TPSA) is 34.6 Å². The molecule has 1 aromatic carbocycles. The van der Waals surface area contributed by atoms with Gasteiger partial charge in [0, 0.05) is 35.6 Å². The Balaban J connectivity index is 1.48. The number of benzene rings is 1. The van der Waals surface area contributed by atoms with Gasteiger partial charge < -0.3 is 9.47 Å². The number of halogens is 1. The number of nitrogens with zero attached hydrogens (tertiary/aromatic N) is 2. The molecule has 4 rings (SSSR count). The fourth-order valence-electron chi connectivity index (χ4n) is 4.58. The molecule has 5 heteroatoms. The van der Waals surface area contributed by atoms with Crippen molar-refractivity contribution >= 4 is 0 Å². The average molecular weight is 384 g/mol. The predicted octanol–water partition coefficient (Wildman–Crippen LogP) is 4.62. The van der Waals surface area contributed by atoms with E-state index < -0.39 is 0 Å².